The van der Waals surface area contributed by atoms with Crippen molar-refractivity contribution in [3.8, 4) is 0 Å². The topological polar surface area (TPSA) is 67.6 Å². The van der Waals surface area contributed by atoms with Crippen LogP contribution < -0.4 is 11.1 Å². The average Bonchev–Trinajstić information content (AvgIpc) is 2.69. The number of hydrogen-bond donors (Lipinski definition) is 2. The number of carbonyl (C=O) groups is 1. The van der Waals surface area contributed by atoms with E-state index in [2.05, 4.69) is 10.2 Å². The minimum Gasteiger partial charge on any atom is -0.377 e. The number of nitrogens with two attached hydrogens (primary N) is 1. The maximum absolute atomic E-state index is 11.2. The van der Waals surface area contributed by atoms with Crippen LogP contribution in [0.1, 0.15) is 19.8 Å². The molecule has 1 aliphatic rings. The lowest BCUT2D eigenvalue weighted by molar-refractivity contribution is -0.120. The van der Waals surface area contributed by atoms with Gasteiger partial charge in [-0.05, 0) is 26.4 Å². The van der Waals surface area contributed by atoms with Gasteiger partial charge in [-0.25, -0.2) is 0 Å². The first kappa shape index (κ1) is 13.4. The Labute approximate surface area is 97.3 Å². The van der Waals surface area contributed by atoms with Gasteiger partial charge in [-0.15, -0.1) is 0 Å². The highest BCUT2D eigenvalue weighted by atomic mass is 16.5. The van der Waals surface area contributed by atoms with Crippen LogP contribution in [0.2, 0.25) is 0 Å². The summed E-state index contributed by atoms with van der Waals surface area (Å²) in [6, 6.07) is -0.267. The molecule has 0 aromatic rings. The third-order valence-electron chi connectivity index (χ3n) is 2.83. The Morgan fingerprint density at radius 3 is 2.94 bits per heavy atom. The van der Waals surface area contributed by atoms with Crippen LogP contribution in [-0.2, 0) is 9.53 Å². The first-order valence-electron chi connectivity index (χ1n) is 5.96. The van der Waals surface area contributed by atoms with Gasteiger partial charge in [0, 0.05) is 19.7 Å². The first-order chi connectivity index (χ1) is 7.63. The van der Waals surface area contributed by atoms with Gasteiger partial charge in [0.1, 0.15) is 0 Å². The zero-order valence-electron chi connectivity index (χ0n) is 10.2. The van der Waals surface area contributed by atoms with E-state index in [0.29, 0.717) is 12.6 Å². The van der Waals surface area contributed by atoms with E-state index >= 15 is 0 Å². The van der Waals surface area contributed by atoms with Crippen LogP contribution in [0.15, 0.2) is 0 Å². The number of amides is 1. The smallest absolute Gasteiger partial charge is 0.235 e. The second-order valence-corrected chi connectivity index (χ2v) is 4.37. The van der Waals surface area contributed by atoms with Gasteiger partial charge in [0.15, 0.2) is 0 Å². The van der Waals surface area contributed by atoms with E-state index in [9.17, 15) is 4.79 Å². The van der Waals surface area contributed by atoms with Crippen molar-refractivity contribution in [2.24, 2.45) is 5.73 Å². The number of ether oxygens (including phenoxy) is 1. The number of nitrogens with zero attached hydrogens (tertiary/aromatic N) is 1. The van der Waals surface area contributed by atoms with Crippen molar-refractivity contribution in [1.82, 2.24) is 10.2 Å². The lowest BCUT2D eigenvalue weighted by atomic mass is 10.2. The van der Waals surface area contributed by atoms with Crippen molar-refractivity contribution in [1.29, 1.82) is 0 Å². The molecule has 0 bridgehead atoms. The van der Waals surface area contributed by atoms with Gasteiger partial charge in [-0.3, -0.25) is 4.79 Å². The van der Waals surface area contributed by atoms with E-state index in [1.807, 2.05) is 14.0 Å². The summed E-state index contributed by atoms with van der Waals surface area (Å²) in [5.74, 6) is -0.291. The van der Waals surface area contributed by atoms with E-state index < -0.39 is 0 Å². The molecule has 1 heterocycles. The largest absolute Gasteiger partial charge is 0.377 e. The van der Waals surface area contributed by atoms with Crippen LogP contribution in [0.3, 0.4) is 0 Å². The van der Waals surface area contributed by atoms with E-state index in [0.717, 1.165) is 32.5 Å². The van der Waals surface area contributed by atoms with E-state index in [-0.39, 0.29) is 11.9 Å². The predicted octanol–water partition coefficient (Wildman–Crippen LogP) is -0.439. The van der Waals surface area contributed by atoms with E-state index in [1.165, 1.54) is 0 Å². The van der Waals surface area contributed by atoms with E-state index in [1.54, 1.807) is 0 Å². The third kappa shape index (κ3) is 4.47. The van der Waals surface area contributed by atoms with Crippen LogP contribution in [0.25, 0.3) is 0 Å². The lowest BCUT2D eigenvalue weighted by Gasteiger charge is -2.24. The molecule has 5 nitrogen and oxygen atoms in total. The van der Waals surface area contributed by atoms with Crippen molar-refractivity contribution in [3.63, 3.8) is 0 Å². The summed E-state index contributed by atoms with van der Waals surface area (Å²) >= 11 is 0. The zero-order valence-corrected chi connectivity index (χ0v) is 10.2. The summed E-state index contributed by atoms with van der Waals surface area (Å²) in [6.07, 6.45) is 2.58. The summed E-state index contributed by atoms with van der Waals surface area (Å²) in [5.41, 5.74) is 5.32. The minimum absolute atomic E-state index is 0.267. The number of carbonyl (C=O) groups excluding carboxylic acids is 1. The highest BCUT2D eigenvalue weighted by Crippen LogP contribution is 2.12. The SMILES string of the molecule is CCNC(CN(C)CC1CCCO1)C(N)=O. The number of nitrogens with one attached hydrogen (secondary N) is 1. The predicted molar refractivity (Wildman–Crippen MR) is 63.1 cm³/mol. The van der Waals surface area contributed by atoms with Crippen molar-refractivity contribution in [3.05, 3.63) is 0 Å². The van der Waals surface area contributed by atoms with Crippen LogP contribution in [0.5, 0.6) is 0 Å². The zero-order chi connectivity index (χ0) is 12.0. The monoisotopic (exact) mass is 229 g/mol. The average molecular weight is 229 g/mol. The molecule has 1 fully saturated rings. The van der Waals surface area contributed by atoms with Gasteiger partial charge in [0.2, 0.25) is 5.91 Å². The molecule has 1 amide bonds. The van der Waals surface area contributed by atoms with Crippen molar-refractivity contribution < 1.29 is 9.53 Å². The number of primary amides is 1. The maximum atomic E-state index is 11.2. The number of rotatable bonds is 7. The van der Waals surface area contributed by atoms with Gasteiger partial charge in [-0.1, -0.05) is 6.92 Å². The summed E-state index contributed by atoms with van der Waals surface area (Å²) in [4.78, 5) is 13.3. The molecule has 0 aromatic carbocycles. The van der Waals surface area contributed by atoms with Crippen LogP contribution in [-0.4, -0.2) is 56.2 Å². The van der Waals surface area contributed by atoms with Gasteiger partial charge >= 0.3 is 0 Å². The second-order valence-electron chi connectivity index (χ2n) is 4.37. The van der Waals surface area contributed by atoms with Crippen LogP contribution >= 0.6 is 0 Å². The molecule has 3 N–H and O–H groups in total. The van der Waals surface area contributed by atoms with Crippen LogP contribution in [0.4, 0.5) is 0 Å². The highest BCUT2D eigenvalue weighted by Gasteiger charge is 2.21. The second kappa shape index (κ2) is 6.83. The standard InChI is InChI=1S/C11H23N3O2/c1-3-13-10(11(12)15)8-14(2)7-9-5-4-6-16-9/h9-10,13H,3-8H2,1-2H3,(H2,12,15). The summed E-state index contributed by atoms with van der Waals surface area (Å²) in [5, 5.41) is 3.08. The third-order valence-corrected chi connectivity index (χ3v) is 2.83. The molecule has 16 heavy (non-hydrogen) atoms. The molecule has 0 spiro atoms. The van der Waals surface area contributed by atoms with Gasteiger partial charge in [0.05, 0.1) is 12.1 Å². The van der Waals surface area contributed by atoms with Gasteiger partial charge < -0.3 is 20.7 Å². The molecule has 1 rings (SSSR count). The fraction of sp³-hybridized carbons (Fsp3) is 0.909. The Hall–Kier alpha value is -0.650. The normalized spacial score (nSPS) is 22.6. The fourth-order valence-corrected chi connectivity index (χ4v) is 2.02. The van der Waals surface area contributed by atoms with Crippen molar-refractivity contribution >= 4 is 5.91 Å². The van der Waals surface area contributed by atoms with Crippen molar-refractivity contribution in [2.45, 2.75) is 31.9 Å². The molecule has 5 heteroatoms. The Morgan fingerprint density at radius 2 is 2.44 bits per heavy atom. The summed E-state index contributed by atoms with van der Waals surface area (Å²) in [7, 11) is 2.00. The summed E-state index contributed by atoms with van der Waals surface area (Å²) < 4.78 is 5.55. The molecule has 0 radical (unpaired) electrons. The quantitative estimate of drug-likeness (QED) is 0.621. The molecule has 0 aliphatic carbocycles. The van der Waals surface area contributed by atoms with Gasteiger partial charge in [0.25, 0.3) is 0 Å². The molecule has 2 atom stereocenters. The Morgan fingerprint density at radius 1 is 1.69 bits per heavy atom. The van der Waals surface area contributed by atoms with E-state index in [4.69, 9.17) is 10.5 Å². The Kier molecular flexibility index (Phi) is 5.73. The fourth-order valence-electron chi connectivity index (χ4n) is 2.02. The van der Waals surface area contributed by atoms with Gasteiger partial charge in [-0.2, -0.15) is 0 Å². The maximum Gasteiger partial charge on any atom is 0.235 e. The molecule has 94 valence electrons. The molecule has 0 saturated carbocycles. The first-order valence-corrected chi connectivity index (χ1v) is 5.96. The highest BCUT2D eigenvalue weighted by molar-refractivity contribution is 5.80. The number of likely N-dealkylation sites (N-methyl/N-ethyl adjacent to an activating group) is 2. The molecule has 0 aromatic heterocycles. The lowest BCUT2D eigenvalue weighted by Crippen LogP contribution is -2.49. The Balaban J connectivity index is 2.29. The Bertz CT molecular complexity index is 217. The molecule has 1 aliphatic heterocycles. The van der Waals surface area contributed by atoms with Crippen molar-refractivity contribution in [2.75, 3.05) is 33.3 Å². The molecular weight excluding hydrogens is 206 g/mol. The molecular formula is C11H23N3O2. The number of hydrogen-bond acceptors (Lipinski definition) is 4. The summed E-state index contributed by atoms with van der Waals surface area (Å²) in [6.45, 7) is 5.10. The minimum atomic E-state index is -0.291. The van der Waals surface area contributed by atoms with Crippen LogP contribution in [0, 0.1) is 0 Å². The molecule has 2 unspecified atom stereocenters. The molecule has 1 saturated heterocycles.